The quantitative estimate of drug-likeness (QED) is 0.729. The van der Waals surface area contributed by atoms with Crippen LogP contribution in [0.1, 0.15) is 12.6 Å². The predicted molar refractivity (Wildman–Crippen MR) is 95.7 cm³/mol. The van der Waals surface area contributed by atoms with Gasteiger partial charge in [0.15, 0.2) is 0 Å². The van der Waals surface area contributed by atoms with E-state index in [1.165, 1.54) is 0 Å². The summed E-state index contributed by atoms with van der Waals surface area (Å²) in [4.78, 5) is 16.4. The van der Waals surface area contributed by atoms with Gasteiger partial charge < -0.3 is 5.32 Å². The molecule has 0 saturated carbocycles. The topological polar surface area (TPSA) is 46.9 Å². The second-order valence-electron chi connectivity index (χ2n) is 5.57. The maximum absolute atomic E-state index is 11.8. The minimum atomic E-state index is -0.155. The first-order chi connectivity index (χ1) is 11.7. The van der Waals surface area contributed by atoms with Crippen molar-refractivity contribution in [3.8, 4) is 17.1 Å². The lowest BCUT2D eigenvalue weighted by atomic mass is 10.2. The summed E-state index contributed by atoms with van der Waals surface area (Å²) in [6.45, 7) is 5.75. The lowest BCUT2D eigenvalue weighted by Crippen LogP contribution is -2.24. The number of carbonyl (C=O) groups is 1. The van der Waals surface area contributed by atoms with Crippen LogP contribution in [-0.4, -0.2) is 15.5 Å². The third-order valence-corrected chi connectivity index (χ3v) is 3.70. The van der Waals surface area contributed by atoms with Gasteiger partial charge in [0.1, 0.15) is 5.82 Å². The number of nitrogens with zero attached hydrogens (tertiary/aromatic N) is 2. The molecule has 1 N–H and O–H groups in total. The summed E-state index contributed by atoms with van der Waals surface area (Å²) in [7, 11) is 0. The number of aromatic nitrogens is 2. The van der Waals surface area contributed by atoms with Gasteiger partial charge in [-0.25, -0.2) is 4.98 Å². The molecule has 0 fully saturated rings. The van der Waals surface area contributed by atoms with E-state index in [9.17, 15) is 4.79 Å². The molecule has 120 valence electrons. The van der Waals surface area contributed by atoms with E-state index in [2.05, 4.69) is 21.4 Å². The molecular formula is C20H19N3O. The Morgan fingerprint density at radius 3 is 2.33 bits per heavy atom. The fraction of sp³-hybridized carbons (Fsp3) is 0.100. The van der Waals surface area contributed by atoms with Gasteiger partial charge in [-0.2, -0.15) is 0 Å². The molecule has 0 bridgehead atoms. The monoisotopic (exact) mass is 317 g/mol. The molecule has 0 aliphatic carbocycles. The van der Waals surface area contributed by atoms with Gasteiger partial charge in [0.2, 0.25) is 5.91 Å². The van der Waals surface area contributed by atoms with Gasteiger partial charge in [0, 0.05) is 16.8 Å². The van der Waals surface area contributed by atoms with Crippen molar-refractivity contribution in [1.29, 1.82) is 0 Å². The molecule has 3 aromatic rings. The Bertz CT molecular complexity index is 851. The lowest BCUT2D eigenvalue weighted by molar-refractivity contribution is -0.117. The van der Waals surface area contributed by atoms with Crippen LogP contribution in [0.3, 0.4) is 0 Å². The van der Waals surface area contributed by atoms with Crippen LogP contribution in [0, 0.1) is 0 Å². The van der Waals surface area contributed by atoms with E-state index in [1.54, 1.807) is 13.1 Å². The summed E-state index contributed by atoms with van der Waals surface area (Å²) in [6.07, 6.45) is 1.80. The Morgan fingerprint density at radius 1 is 1.08 bits per heavy atom. The number of para-hydroxylation sites is 1. The van der Waals surface area contributed by atoms with Crippen molar-refractivity contribution in [1.82, 2.24) is 14.9 Å². The van der Waals surface area contributed by atoms with E-state index in [-0.39, 0.29) is 5.91 Å². The van der Waals surface area contributed by atoms with E-state index in [4.69, 9.17) is 0 Å². The van der Waals surface area contributed by atoms with Crippen molar-refractivity contribution in [2.45, 2.75) is 13.5 Å². The zero-order valence-electron chi connectivity index (χ0n) is 13.6. The van der Waals surface area contributed by atoms with Crippen molar-refractivity contribution in [3.05, 3.63) is 84.7 Å². The Hall–Kier alpha value is -3.14. The van der Waals surface area contributed by atoms with Gasteiger partial charge in [-0.05, 0) is 19.1 Å². The van der Waals surface area contributed by atoms with Crippen molar-refractivity contribution in [2.24, 2.45) is 0 Å². The van der Waals surface area contributed by atoms with E-state index < -0.39 is 0 Å². The summed E-state index contributed by atoms with van der Waals surface area (Å²) in [5.41, 5.74) is 3.44. The number of amides is 1. The number of nitrogens with one attached hydrogen (secondary N) is 1. The van der Waals surface area contributed by atoms with Crippen LogP contribution >= 0.6 is 0 Å². The number of imidazole rings is 1. The zero-order chi connectivity index (χ0) is 16.9. The molecule has 0 spiro atoms. The second kappa shape index (κ2) is 6.96. The SMILES string of the molecule is C=C(C)C(=O)NCc1cnc(-c2ccccc2)n1-c1ccccc1. The Labute approximate surface area is 141 Å². The van der Waals surface area contributed by atoms with Gasteiger partial charge in [-0.3, -0.25) is 9.36 Å². The van der Waals surface area contributed by atoms with Crippen LogP contribution in [0.5, 0.6) is 0 Å². The van der Waals surface area contributed by atoms with Gasteiger partial charge in [0.25, 0.3) is 0 Å². The fourth-order valence-electron chi connectivity index (χ4n) is 2.49. The molecule has 3 rings (SSSR count). The van der Waals surface area contributed by atoms with Gasteiger partial charge in [0.05, 0.1) is 18.4 Å². The highest BCUT2D eigenvalue weighted by Crippen LogP contribution is 2.24. The standard InChI is InChI=1S/C20H19N3O/c1-15(2)20(24)22-14-18-13-21-19(16-9-5-3-6-10-16)23(18)17-11-7-4-8-12-17/h3-13H,1,14H2,2H3,(H,22,24). The second-order valence-corrected chi connectivity index (χ2v) is 5.57. The van der Waals surface area contributed by atoms with E-state index in [0.29, 0.717) is 12.1 Å². The van der Waals surface area contributed by atoms with Crippen molar-refractivity contribution in [3.63, 3.8) is 0 Å². The number of carbonyl (C=O) groups excluding carboxylic acids is 1. The summed E-state index contributed by atoms with van der Waals surface area (Å²) < 4.78 is 2.06. The summed E-state index contributed by atoms with van der Waals surface area (Å²) in [5, 5.41) is 2.87. The van der Waals surface area contributed by atoms with E-state index >= 15 is 0 Å². The van der Waals surface area contributed by atoms with Crippen molar-refractivity contribution in [2.75, 3.05) is 0 Å². The Morgan fingerprint density at radius 2 is 1.71 bits per heavy atom. The Kier molecular flexibility index (Phi) is 4.57. The summed E-state index contributed by atoms with van der Waals surface area (Å²) >= 11 is 0. The molecule has 4 heteroatoms. The molecule has 0 unspecified atom stereocenters. The number of benzene rings is 2. The van der Waals surface area contributed by atoms with Crippen LogP contribution in [0.4, 0.5) is 0 Å². The van der Waals surface area contributed by atoms with Crippen LogP contribution in [-0.2, 0) is 11.3 Å². The first-order valence-corrected chi connectivity index (χ1v) is 7.78. The Balaban J connectivity index is 2.02. The van der Waals surface area contributed by atoms with E-state index in [1.807, 2.05) is 60.7 Å². The van der Waals surface area contributed by atoms with Crippen LogP contribution in [0.25, 0.3) is 17.1 Å². The number of hydrogen-bond donors (Lipinski definition) is 1. The molecule has 0 saturated heterocycles. The third-order valence-electron chi connectivity index (χ3n) is 3.70. The minimum Gasteiger partial charge on any atom is -0.347 e. The highest BCUT2D eigenvalue weighted by molar-refractivity contribution is 5.92. The molecule has 1 amide bonds. The lowest BCUT2D eigenvalue weighted by Gasteiger charge is -2.13. The molecule has 2 aromatic carbocycles. The molecule has 1 heterocycles. The summed E-state index contributed by atoms with van der Waals surface area (Å²) in [6, 6.07) is 20.0. The first kappa shape index (κ1) is 15.7. The van der Waals surface area contributed by atoms with Crippen molar-refractivity contribution >= 4 is 5.91 Å². The molecular weight excluding hydrogens is 298 g/mol. The predicted octanol–water partition coefficient (Wildman–Crippen LogP) is 3.73. The summed E-state index contributed by atoms with van der Waals surface area (Å²) in [5.74, 6) is 0.693. The first-order valence-electron chi connectivity index (χ1n) is 7.78. The van der Waals surface area contributed by atoms with Crippen molar-refractivity contribution < 1.29 is 4.79 Å². The highest BCUT2D eigenvalue weighted by atomic mass is 16.1. The van der Waals surface area contributed by atoms with Crippen LogP contribution < -0.4 is 5.32 Å². The molecule has 24 heavy (non-hydrogen) atoms. The maximum Gasteiger partial charge on any atom is 0.246 e. The molecule has 1 aromatic heterocycles. The largest absolute Gasteiger partial charge is 0.347 e. The number of rotatable bonds is 5. The van der Waals surface area contributed by atoms with E-state index in [0.717, 1.165) is 22.8 Å². The molecule has 0 radical (unpaired) electrons. The normalized spacial score (nSPS) is 10.4. The minimum absolute atomic E-state index is 0.155. The molecule has 4 nitrogen and oxygen atoms in total. The third kappa shape index (κ3) is 3.27. The molecule has 0 atom stereocenters. The van der Waals surface area contributed by atoms with Crippen LogP contribution in [0.15, 0.2) is 79.0 Å². The fourth-order valence-corrected chi connectivity index (χ4v) is 2.49. The van der Waals surface area contributed by atoms with Gasteiger partial charge in [-0.1, -0.05) is 55.1 Å². The number of hydrogen-bond acceptors (Lipinski definition) is 2. The molecule has 0 aliphatic rings. The average Bonchev–Trinajstić information content (AvgIpc) is 3.05. The maximum atomic E-state index is 11.8. The zero-order valence-corrected chi connectivity index (χ0v) is 13.6. The molecule has 0 aliphatic heterocycles. The average molecular weight is 317 g/mol. The van der Waals surface area contributed by atoms with Gasteiger partial charge in [-0.15, -0.1) is 0 Å². The van der Waals surface area contributed by atoms with Crippen LogP contribution in [0.2, 0.25) is 0 Å². The van der Waals surface area contributed by atoms with Gasteiger partial charge >= 0.3 is 0 Å². The smallest absolute Gasteiger partial charge is 0.246 e. The highest BCUT2D eigenvalue weighted by Gasteiger charge is 2.14.